The Morgan fingerprint density at radius 1 is 1.38 bits per heavy atom. The van der Waals surface area contributed by atoms with Gasteiger partial charge >= 0.3 is 0 Å². The number of methoxy groups -OCH3 is 2. The lowest BCUT2D eigenvalue weighted by atomic mass is 9.86. The Bertz CT molecular complexity index is 328. The average molecular weight is 224 g/mol. The van der Waals surface area contributed by atoms with Gasteiger partial charge in [0.05, 0.1) is 7.11 Å². The molecule has 1 aliphatic rings. The van der Waals surface area contributed by atoms with Crippen LogP contribution in [0.1, 0.15) is 33.1 Å². The van der Waals surface area contributed by atoms with Crippen molar-refractivity contribution in [3.63, 3.8) is 0 Å². The van der Waals surface area contributed by atoms with E-state index in [2.05, 4.69) is 6.92 Å². The molecule has 0 radical (unpaired) electrons. The van der Waals surface area contributed by atoms with Crippen molar-refractivity contribution in [1.82, 2.24) is 0 Å². The number of carbonyl (C=O) groups is 1. The number of allylic oxidation sites excluding steroid dienone is 2. The van der Waals surface area contributed by atoms with Gasteiger partial charge in [0.15, 0.2) is 5.78 Å². The van der Waals surface area contributed by atoms with Gasteiger partial charge in [-0.1, -0.05) is 19.8 Å². The lowest BCUT2D eigenvalue weighted by molar-refractivity contribution is -0.112. The molecule has 0 heterocycles. The van der Waals surface area contributed by atoms with Crippen LogP contribution in [-0.4, -0.2) is 25.6 Å². The zero-order valence-corrected chi connectivity index (χ0v) is 10.5. The van der Waals surface area contributed by atoms with E-state index in [4.69, 9.17) is 9.47 Å². The van der Waals surface area contributed by atoms with E-state index in [0.717, 1.165) is 19.3 Å². The third kappa shape index (κ3) is 2.19. The van der Waals surface area contributed by atoms with Crippen molar-refractivity contribution in [2.24, 2.45) is 0 Å². The topological polar surface area (TPSA) is 35.5 Å². The normalized spacial score (nSPS) is 25.1. The minimum absolute atomic E-state index is 0.000948. The summed E-state index contributed by atoms with van der Waals surface area (Å²) in [5.74, 6) is 0.650. The predicted octanol–water partition coefficient (Wildman–Crippen LogP) is 2.62. The van der Waals surface area contributed by atoms with Crippen molar-refractivity contribution in [1.29, 1.82) is 0 Å². The van der Waals surface area contributed by atoms with E-state index >= 15 is 0 Å². The van der Waals surface area contributed by atoms with Crippen molar-refractivity contribution in [2.75, 3.05) is 14.2 Å². The van der Waals surface area contributed by atoms with Gasteiger partial charge in [-0.2, -0.15) is 0 Å². The number of carbonyl (C=O) groups excluding carboxylic acids is 1. The lowest BCUT2D eigenvalue weighted by Gasteiger charge is -2.34. The molecule has 0 spiro atoms. The van der Waals surface area contributed by atoms with Gasteiger partial charge < -0.3 is 9.47 Å². The highest BCUT2D eigenvalue weighted by Gasteiger charge is 2.37. The molecule has 0 saturated carbocycles. The Morgan fingerprint density at radius 2 is 2.06 bits per heavy atom. The molecule has 0 aromatic rings. The summed E-state index contributed by atoms with van der Waals surface area (Å²) >= 11 is 0. The molecule has 0 aliphatic heterocycles. The van der Waals surface area contributed by atoms with Gasteiger partial charge in [0.25, 0.3) is 0 Å². The summed E-state index contributed by atoms with van der Waals surface area (Å²) in [6, 6.07) is 0. The summed E-state index contributed by atoms with van der Waals surface area (Å²) in [6.45, 7) is 3.91. The fraction of sp³-hybridized carbons (Fsp3) is 0.615. The first-order chi connectivity index (χ1) is 7.61. The van der Waals surface area contributed by atoms with E-state index < -0.39 is 5.60 Å². The average Bonchev–Trinajstić information content (AvgIpc) is 2.31. The largest absolute Gasteiger partial charge is 0.497 e. The molecule has 0 bridgehead atoms. The maximum absolute atomic E-state index is 11.6. The quantitative estimate of drug-likeness (QED) is 0.720. The van der Waals surface area contributed by atoms with Crippen LogP contribution in [0.4, 0.5) is 0 Å². The summed E-state index contributed by atoms with van der Waals surface area (Å²) in [4.78, 5) is 11.6. The van der Waals surface area contributed by atoms with Crippen LogP contribution in [0, 0.1) is 0 Å². The minimum atomic E-state index is -0.553. The first-order valence-electron chi connectivity index (χ1n) is 5.65. The molecule has 3 heteroatoms. The Hall–Kier alpha value is -1.09. The Labute approximate surface area is 97.1 Å². The second-order valence-corrected chi connectivity index (χ2v) is 4.05. The van der Waals surface area contributed by atoms with Crippen molar-refractivity contribution in [3.8, 4) is 0 Å². The standard InChI is InChI=1S/C13H20O3/c1-5-6-8-13(16-4)9-7-11(14)10(2)12(13)15-3/h7,9H,5-6,8H2,1-4H3. The van der Waals surface area contributed by atoms with Gasteiger partial charge in [0, 0.05) is 12.7 Å². The first-order valence-corrected chi connectivity index (χ1v) is 5.65. The first kappa shape index (κ1) is 13.0. The fourth-order valence-electron chi connectivity index (χ4n) is 2.07. The van der Waals surface area contributed by atoms with E-state index in [-0.39, 0.29) is 5.78 Å². The molecular formula is C13H20O3. The van der Waals surface area contributed by atoms with Crippen molar-refractivity contribution in [3.05, 3.63) is 23.5 Å². The number of hydrogen-bond donors (Lipinski definition) is 0. The SMILES string of the molecule is CCCCC1(OC)C=CC(=O)C(C)=C1OC. The van der Waals surface area contributed by atoms with Crippen LogP contribution in [0.25, 0.3) is 0 Å². The molecule has 90 valence electrons. The molecule has 0 amide bonds. The monoisotopic (exact) mass is 224 g/mol. The molecule has 1 aliphatic carbocycles. The molecule has 0 fully saturated rings. The second-order valence-electron chi connectivity index (χ2n) is 4.05. The zero-order chi connectivity index (χ0) is 12.2. The minimum Gasteiger partial charge on any atom is -0.497 e. The van der Waals surface area contributed by atoms with Crippen molar-refractivity contribution >= 4 is 5.78 Å². The predicted molar refractivity (Wildman–Crippen MR) is 63.1 cm³/mol. The molecule has 0 aromatic carbocycles. The maximum Gasteiger partial charge on any atom is 0.184 e. The summed E-state index contributed by atoms with van der Waals surface area (Å²) in [5, 5.41) is 0. The van der Waals surface area contributed by atoms with Gasteiger partial charge in [0.2, 0.25) is 0 Å². The van der Waals surface area contributed by atoms with Gasteiger partial charge in [-0.05, 0) is 25.5 Å². The van der Waals surface area contributed by atoms with Gasteiger partial charge in [-0.3, -0.25) is 4.79 Å². The van der Waals surface area contributed by atoms with Crippen molar-refractivity contribution in [2.45, 2.75) is 38.7 Å². The molecule has 1 atom stereocenters. The highest BCUT2D eigenvalue weighted by Crippen LogP contribution is 2.34. The molecule has 0 saturated heterocycles. The molecule has 16 heavy (non-hydrogen) atoms. The summed E-state index contributed by atoms with van der Waals surface area (Å²) < 4.78 is 10.9. The molecule has 0 N–H and O–H groups in total. The van der Waals surface area contributed by atoms with E-state index in [1.165, 1.54) is 0 Å². The van der Waals surface area contributed by atoms with Crippen LogP contribution < -0.4 is 0 Å². The van der Waals surface area contributed by atoms with E-state index in [9.17, 15) is 4.79 Å². The van der Waals surface area contributed by atoms with Gasteiger partial charge in [0.1, 0.15) is 11.4 Å². The van der Waals surface area contributed by atoms with E-state index in [0.29, 0.717) is 11.3 Å². The zero-order valence-electron chi connectivity index (χ0n) is 10.5. The summed E-state index contributed by atoms with van der Waals surface area (Å²) in [6.07, 6.45) is 6.35. The Balaban J connectivity index is 3.08. The highest BCUT2D eigenvalue weighted by atomic mass is 16.5. The maximum atomic E-state index is 11.6. The molecule has 1 unspecified atom stereocenters. The molecule has 3 nitrogen and oxygen atoms in total. The van der Waals surface area contributed by atoms with Crippen LogP contribution in [0.5, 0.6) is 0 Å². The van der Waals surface area contributed by atoms with Gasteiger partial charge in [-0.15, -0.1) is 0 Å². The number of unbranched alkanes of at least 4 members (excludes halogenated alkanes) is 1. The number of ether oxygens (including phenoxy) is 2. The Kier molecular flexibility index (Phi) is 4.30. The van der Waals surface area contributed by atoms with Gasteiger partial charge in [-0.25, -0.2) is 0 Å². The third-order valence-electron chi connectivity index (χ3n) is 3.07. The van der Waals surface area contributed by atoms with Crippen LogP contribution in [0.2, 0.25) is 0 Å². The van der Waals surface area contributed by atoms with Crippen LogP contribution >= 0.6 is 0 Å². The van der Waals surface area contributed by atoms with Crippen molar-refractivity contribution < 1.29 is 14.3 Å². The van der Waals surface area contributed by atoms with E-state index in [1.807, 2.05) is 6.08 Å². The summed E-state index contributed by atoms with van der Waals surface area (Å²) in [5.41, 5.74) is 0.0888. The molecular weight excluding hydrogens is 204 g/mol. The number of ketones is 1. The highest BCUT2D eigenvalue weighted by molar-refractivity contribution is 6.05. The third-order valence-corrected chi connectivity index (χ3v) is 3.07. The van der Waals surface area contributed by atoms with Crippen LogP contribution in [0.15, 0.2) is 23.5 Å². The lowest BCUT2D eigenvalue weighted by Crippen LogP contribution is -2.36. The Morgan fingerprint density at radius 3 is 2.56 bits per heavy atom. The fourth-order valence-corrected chi connectivity index (χ4v) is 2.07. The summed E-state index contributed by atoms with van der Waals surface area (Å²) in [7, 11) is 3.24. The molecule has 0 aromatic heterocycles. The van der Waals surface area contributed by atoms with E-state index in [1.54, 1.807) is 27.2 Å². The second kappa shape index (κ2) is 5.30. The molecule has 1 rings (SSSR count). The van der Waals surface area contributed by atoms with Crippen LogP contribution in [-0.2, 0) is 14.3 Å². The number of hydrogen-bond acceptors (Lipinski definition) is 3. The number of rotatable bonds is 5. The smallest absolute Gasteiger partial charge is 0.184 e. The van der Waals surface area contributed by atoms with Crippen LogP contribution in [0.3, 0.4) is 0 Å².